The monoisotopic (exact) mass is 245 g/mol. The van der Waals surface area contributed by atoms with Gasteiger partial charge in [-0.3, -0.25) is 5.10 Å². The highest BCUT2D eigenvalue weighted by molar-refractivity contribution is 5.30. The third kappa shape index (κ3) is 2.25. The second-order valence-corrected chi connectivity index (χ2v) is 5.02. The predicted octanol–water partition coefficient (Wildman–Crippen LogP) is 2.32. The van der Waals surface area contributed by atoms with Crippen molar-refractivity contribution in [3.8, 4) is 0 Å². The van der Waals surface area contributed by atoms with Crippen LogP contribution in [0.5, 0.6) is 0 Å². The first-order valence-corrected chi connectivity index (χ1v) is 6.59. The lowest BCUT2D eigenvalue weighted by molar-refractivity contribution is 0.715. The average molecular weight is 245 g/mol. The summed E-state index contributed by atoms with van der Waals surface area (Å²) in [6, 6.07) is 0.594. The maximum Gasteiger partial charge on any atom is 0.203 e. The summed E-state index contributed by atoms with van der Waals surface area (Å²) in [5.41, 5.74) is 2.33. The molecule has 2 heterocycles. The van der Waals surface area contributed by atoms with E-state index in [-0.39, 0.29) is 0 Å². The molecule has 1 aliphatic carbocycles. The van der Waals surface area contributed by atoms with E-state index in [0.717, 1.165) is 18.2 Å². The minimum absolute atomic E-state index is 0.594. The lowest BCUT2D eigenvalue weighted by atomic mass is 10.2. The van der Waals surface area contributed by atoms with E-state index in [4.69, 9.17) is 0 Å². The van der Waals surface area contributed by atoms with E-state index < -0.39 is 0 Å². The Hall–Kier alpha value is -1.78. The fourth-order valence-corrected chi connectivity index (χ4v) is 2.55. The molecule has 0 amide bonds. The van der Waals surface area contributed by atoms with Crippen molar-refractivity contribution in [2.75, 3.05) is 5.32 Å². The van der Waals surface area contributed by atoms with Crippen molar-refractivity contribution in [2.45, 2.75) is 45.2 Å². The van der Waals surface area contributed by atoms with Crippen molar-refractivity contribution in [3.05, 3.63) is 29.8 Å². The van der Waals surface area contributed by atoms with E-state index in [1.54, 1.807) is 0 Å². The van der Waals surface area contributed by atoms with Gasteiger partial charge in [-0.1, -0.05) is 12.8 Å². The third-order valence-corrected chi connectivity index (χ3v) is 3.68. The molecule has 5 heteroatoms. The number of rotatable bonds is 4. The zero-order valence-corrected chi connectivity index (χ0v) is 10.7. The van der Waals surface area contributed by atoms with Crippen LogP contribution in [0.1, 0.15) is 36.9 Å². The van der Waals surface area contributed by atoms with Crippen molar-refractivity contribution in [1.29, 1.82) is 0 Å². The van der Waals surface area contributed by atoms with E-state index in [1.165, 1.54) is 31.2 Å². The first-order valence-electron chi connectivity index (χ1n) is 6.59. The Morgan fingerprint density at radius 2 is 2.28 bits per heavy atom. The normalized spacial score (nSPS) is 16.3. The number of nitrogens with one attached hydrogen (secondary N) is 2. The number of imidazole rings is 1. The number of aromatic amines is 1. The van der Waals surface area contributed by atoms with Crippen LogP contribution in [0.15, 0.2) is 18.6 Å². The van der Waals surface area contributed by atoms with Crippen LogP contribution in [0.4, 0.5) is 5.95 Å². The number of aromatic nitrogens is 4. The molecule has 0 saturated heterocycles. The Balaban J connectivity index is 1.72. The molecular formula is C13H19N5. The number of aryl methyl sites for hydroxylation is 1. The molecule has 18 heavy (non-hydrogen) atoms. The molecule has 2 N–H and O–H groups in total. The standard InChI is InChI=1S/C13H19N5/c1-10-11(8-15-17-10)9-18-7-6-14-13(18)16-12-4-2-3-5-12/h6-8,12H,2-5,9H2,1H3,(H,14,16)(H,15,17). The lowest BCUT2D eigenvalue weighted by Crippen LogP contribution is -2.18. The summed E-state index contributed by atoms with van der Waals surface area (Å²) in [5, 5.41) is 10.6. The van der Waals surface area contributed by atoms with E-state index in [9.17, 15) is 0 Å². The molecule has 2 aromatic rings. The van der Waals surface area contributed by atoms with Crippen LogP contribution in [-0.2, 0) is 6.54 Å². The zero-order chi connectivity index (χ0) is 12.4. The van der Waals surface area contributed by atoms with Crippen LogP contribution >= 0.6 is 0 Å². The summed E-state index contributed by atoms with van der Waals surface area (Å²) in [5.74, 6) is 0.975. The Morgan fingerprint density at radius 1 is 1.44 bits per heavy atom. The first kappa shape index (κ1) is 11.3. The second-order valence-electron chi connectivity index (χ2n) is 5.02. The Morgan fingerprint density at radius 3 is 3.00 bits per heavy atom. The molecule has 0 spiro atoms. The molecule has 0 aromatic carbocycles. The predicted molar refractivity (Wildman–Crippen MR) is 70.5 cm³/mol. The topological polar surface area (TPSA) is 58.5 Å². The van der Waals surface area contributed by atoms with Crippen LogP contribution in [0.2, 0.25) is 0 Å². The third-order valence-electron chi connectivity index (χ3n) is 3.68. The fourth-order valence-electron chi connectivity index (χ4n) is 2.55. The van der Waals surface area contributed by atoms with Gasteiger partial charge in [-0.25, -0.2) is 4.98 Å². The quantitative estimate of drug-likeness (QED) is 0.869. The van der Waals surface area contributed by atoms with Crippen molar-refractivity contribution in [2.24, 2.45) is 0 Å². The molecular weight excluding hydrogens is 226 g/mol. The molecule has 5 nitrogen and oxygen atoms in total. The second kappa shape index (κ2) is 4.84. The summed E-state index contributed by atoms with van der Waals surface area (Å²) in [7, 11) is 0. The highest BCUT2D eigenvalue weighted by Crippen LogP contribution is 2.22. The summed E-state index contributed by atoms with van der Waals surface area (Å²) < 4.78 is 2.15. The molecule has 3 rings (SSSR count). The average Bonchev–Trinajstić information content (AvgIpc) is 3.06. The number of H-pyrrole nitrogens is 1. The molecule has 96 valence electrons. The SMILES string of the molecule is Cc1[nH]ncc1Cn1ccnc1NC1CCCC1. The highest BCUT2D eigenvalue weighted by atomic mass is 15.2. The molecule has 0 aliphatic heterocycles. The van der Waals surface area contributed by atoms with Gasteiger partial charge in [0, 0.05) is 29.7 Å². The molecule has 0 bridgehead atoms. The fraction of sp³-hybridized carbons (Fsp3) is 0.538. The number of hydrogen-bond acceptors (Lipinski definition) is 3. The smallest absolute Gasteiger partial charge is 0.203 e. The molecule has 2 aromatic heterocycles. The van der Waals surface area contributed by atoms with Crippen molar-refractivity contribution >= 4 is 5.95 Å². The number of anilines is 1. The van der Waals surface area contributed by atoms with Crippen molar-refractivity contribution < 1.29 is 0 Å². The van der Waals surface area contributed by atoms with Gasteiger partial charge in [0.05, 0.1) is 12.7 Å². The highest BCUT2D eigenvalue weighted by Gasteiger charge is 2.16. The van der Waals surface area contributed by atoms with Crippen molar-refractivity contribution in [3.63, 3.8) is 0 Å². The maximum absolute atomic E-state index is 4.41. The molecule has 1 saturated carbocycles. The van der Waals surface area contributed by atoms with Gasteiger partial charge in [0.2, 0.25) is 5.95 Å². The molecule has 0 atom stereocenters. The van der Waals surface area contributed by atoms with Gasteiger partial charge in [0.25, 0.3) is 0 Å². The van der Waals surface area contributed by atoms with E-state index >= 15 is 0 Å². The van der Waals surface area contributed by atoms with Gasteiger partial charge in [-0.2, -0.15) is 5.10 Å². The van der Waals surface area contributed by atoms with E-state index in [2.05, 4.69) is 25.1 Å². The minimum Gasteiger partial charge on any atom is -0.353 e. The van der Waals surface area contributed by atoms with Gasteiger partial charge in [0.15, 0.2) is 0 Å². The molecule has 1 fully saturated rings. The number of hydrogen-bond donors (Lipinski definition) is 2. The minimum atomic E-state index is 0.594. The van der Waals surface area contributed by atoms with Crippen LogP contribution < -0.4 is 5.32 Å². The Labute approximate surface area is 107 Å². The summed E-state index contributed by atoms with van der Waals surface area (Å²) >= 11 is 0. The van der Waals surface area contributed by atoms with E-state index in [0.29, 0.717) is 6.04 Å². The summed E-state index contributed by atoms with van der Waals surface area (Å²) in [6.07, 6.45) is 10.9. The van der Waals surface area contributed by atoms with Gasteiger partial charge >= 0.3 is 0 Å². The lowest BCUT2D eigenvalue weighted by Gasteiger charge is -2.14. The number of nitrogens with zero attached hydrogens (tertiary/aromatic N) is 3. The van der Waals surface area contributed by atoms with Gasteiger partial charge < -0.3 is 9.88 Å². The molecule has 0 radical (unpaired) electrons. The van der Waals surface area contributed by atoms with Gasteiger partial charge in [-0.15, -0.1) is 0 Å². The van der Waals surface area contributed by atoms with Crippen molar-refractivity contribution in [1.82, 2.24) is 19.7 Å². The van der Waals surface area contributed by atoms with Crippen LogP contribution in [0.3, 0.4) is 0 Å². The Bertz CT molecular complexity index is 507. The van der Waals surface area contributed by atoms with Crippen LogP contribution in [0, 0.1) is 6.92 Å². The maximum atomic E-state index is 4.41. The van der Waals surface area contributed by atoms with E-state index in [1.807, 2.05) is 25.5 Å². The summed E-state index contributed by atoms with van der Waals surface area (Å²) in [4.78, 5) is 4.41. The Kier molecular flexibility index (Phi) is 3.04. The van der Waals surface area contributed by atoms with Gasteiger partial charge in [-0.05, 0) is 19.8 Å². The zero-order valence-electron chi connectivity index (χ0n) is 10.7. The van der Waals surface area contributed by atoms with Crippen LogP contribution in [-0.4, -0.2) is 25.8 Å². The first-order chi connectivity index (χ1) is 8.83. The molecule has 1 aliphatic rings. The van der Waals surface area contributed by atoms with Gasteiger partial charge in [0.1, 0.15) is 0 Å². The summed E-state index contributed by atoms with van der Waals surface area (Å²) in [6.45, 7) is 2.86. The largest absolute Gasteiger partial charge is 0.353 e. The molecule has 0 unspecified atom stereocenters. The van der Waals surface area contributed by atoms with Crippen LogP contribution in [0.25, 0.3) is 0 Å².